The molecule has 0 saturated carbocycles. The summed E-state index contributed by atoms with van der Waals surface area (Å²) in [6.45, 7) is 5.27. The second-order valence-electron chi connectivity index (χ2n) is 6.44. The zero-order chi connectivity index (χ0) is 20.0. The average molecular weight is 369 g/mol. The van der Waals surface area contributed by atoms with Gasteiger partial charge >= 0.3 is 6.09 Å². The van der Waals surface area contributed by atoms with Crippen molar-refractivity contribution in [1.82, 2.24) is 4.98 Å². The number of carbonyl (C=O) groups excluding carboxylic acids is 1. The number of hydrogen-bond acceptors (Lipinski definition) is 6. The van der Waals surface area contributed by atoms with E-state index in [-0.39, 0.29) is 5.69 Å². The van der Waals surface area contributed by atoms with Gasteiger partial charge in [0.05, 0.1) is 35.0 Å². The number of non-ortho nitro benzene ring substituents is 1. The van der Waals surface area contributed by atoms with Crippen LogP contribution in [0.25, 0.3) is 0 Å². The Kier molecular flexibility index (Phi) is 5.98. The first-order chi connectivity index (χ1) is 12.7. The highest BCUT2D eigenvalue weighted by molar-refractivity contribution is 5.86. The summed E-state index contributed by atoms with van der Waals surface area (Å²) in [6, 6.07) is 5.76. The highest BCUT2D eigenvalue weighted by Gasteiger charge is 2.17. The Morgan fingerprint density at radius 3 is 2.56 bits per heavy atom. The van der Waals surface area contributed by atoms with Crippen molar-refractivity contribution in [2.45, 2.75) is 26.4 Å². The summed E-state index contributed by atoms with van der Waals surface area (Å²) < 4.78 is 10.4. The van der Waals surface area contributed by atoms with Crippen molar-refractivity contribution in [3.8, 4) is 17.6 Å². The van der Waals surface area contributed by atoms with Gasteiger partial charge in [0.2, 0.25) is 0 Å². The molecule has 0 radical (unpaired) electrons. The molecule has 1 N–H and O–H groups in total. The Morgan fingerprint density at radius 2 is 1.93 bits per heavy atom. The van der Waals surface area contributed by atoms with Crippen LogP contribution in [0.15, 0.2) is 36.7 Å². The first-order valence-electron chi connectivity index (χ1n) is 7.98. The smallest absolute Gasteiger partial charge is 0.412 e. The number of rotatable bonds is 3. The molecule has 1 amide bonds. The maximum Gasteiger partial charge on any atom is 0.412 e. The lowest BCUT2D eigenvalue weighted by Gasteiger charge is -2.19. The number of pyridine rings is 1. The van der Waals surface area contributed by atoms with Crippen molar-refractivity contribution in [3.63, 3.8) is 0 Å². The lowest BCUT2D eigenvalue weighted by molar-refractivity contribution is -0.384. The maximum atomic E-state index is 12.0. The Labute approximate surface area is 156 Å². The highest BCUT2D eigenvalue weighted by Crippen LogP contribution is 2.23. The van der Waals surface area contributed by atoms with Crippen LogP contribution in [-0.4, -0.2) is 28.7 Å². The van der Waals surface area contributed by atoms with E-state index in [1.54, 1.807) is 26.8 Å². The van der Waals surface area contributed by atoms with Gasteiger partial charge in [-0.2, -0.15) is 0 Å². The molecule has 0 atom stereocenters. The van der Waals surface area contributed by atoms with Gasteiger partial charge in [0, 0.05) is 18.3 Å². The molecule has 0 saturated heterocycles. The number of anilines is 1. The van der Waals surface area contributed by atoms with E-state index in [4.69, 9.17) is 9.47 Å². The van der Waals surface area contributed by atoms with Gasteiger partial charge in [-0.3, -0.25) is 20.4 Å². The third kappa shape index (κ3) is 5.71. The molecule has 2 rings (SSSR count). The lowest BCUT2D eigenvalue weighted by atomic mass is 10.1. The summed E-state index contributed by atoms with van der Waals surface area (Å²) in [5, 5.41) is 13.6. The highest BCUT2D eigenvalue weighted by atomic mass is 16.6. The average Bonchev–Trinajstić information content (AvgIpc) is 2.59. The topological polar surface area (TPSA) is 104 Å². The van der Waals surface area contributed by atoms with Crippen molar-refractivity contribution in [1.29, 1.82) is 0 Å². The van der Waals surface area contributed by atoms with Gasteiger partial charge in [-0.15, -0.1) is 0 Å². The second kappa shape index (κ2) is 8.19. The molecule has 27 heavy (non-hydrogen) atoms. The minimum absolute atomic E-state index is 0.0954. The minimum atomic E-state index is -0.644. The Hall–Kier alpha value is -3.60. The van der Waals surface area contributed by atoms with E-state index in [1.165, 1.54) is 37.7 Å². The molecule has 0 fully saturated rings. The fraction of sp³-hybridized carbons (Fsp3) is 0.263. The number of carbonyl (C=O) groups is 1. The fourth-order valence-corrected chi connectivity index (χ4v) is 2.06. The van der Waals surface area contributed by atoms with E-state index in [0.29, 0.717) is 22.6 Å². The van der Waals surface area contributed by atoms with Gasteiger partial charge in [-0.1, -0.05) is 11.8 Å². The molecule has 0 unspecified atom stereocenters. The Morgan fingerprint density at radius 1 is 1.22 bits per heavy atom. The molecular formula is C19H19N3O5. The van der Waals surface area contributed by atoms with Crippen LogP contribution < -0.4 is 10.1 Å². The summed E-state index contributed by atoms with van der Waals surface area (Å²) in [4.78, 5) is 26.4. The van der Waals surface area contributed by atoms with Crippen molar-refractivity contribution in [2.24, 2.45) is 0 Å². The molecule has 1 aromatic carbocycles. The monoisotopic (exact) mass is 369 g/mol. The molecule has 2 aromatic rings. The molecule has 8 heteroatoms. The Balaban J connectivity index is 2.34. The molecule has 0 aliphatic rings. The molecule has 1 aromatic heterocycles. The van der Waals surface area contributed by atoms with Crippen molar-refractivity contribution in [2.75, 3.05) is 12.4 Å². The Bertz CT molecular complexity index is 923. The van der Waals surface area contributed by atoms with Crippen LogP contribution in [0.5, 0.6) is 5.75 Å². The van der Waals surface area contributed by atoms with Crippen LogP contribution in [0, 0.1) is 22.0 Å². The molecule has 0 spiro atoms. The summed E-state index contributed by atoms with van der Waals surface area (Å²) in [5.41, 5.74) is 0.454. The van der Waals surface area contributed by atoms with E-state index in [0.717, 1.165) is 0 Å². The molecule has 0 bridgehead atoms. The summed E-state index contributed by atoms with van der Waals surface area (Å²) in [5.74, 6) is 6.12. The molecular weight excluding hydrogens is 350 g/mol. The van der Waals surface area contributed by atoms with Crippen LogP contribution in [-0.2, 0) is 4.74 Å². The van der Waals surface area contributed by atoms with Crippen molar-refractivity contribution in [3.05, 3.63) is 57.9 Å². The van der Waals surface area contributed by atoms with Gasteiger partial charge in [0.25, 0.3) is 5.69 Å². The van der Waals surface area contributed by atoms with Gasteiger partial charge in [0.15, 0.2) is 0 Å². The zero-order valence-corrected chi connectivity index (χ0v) is 15.4. The number of hydrogen-bond donors (Lipinski definition) is 1. The van der Waals surface area contributed by atoms with Crippen LogP contribution in [0.3, 0.4) is 0 Å². The standard InChI is InChI=1S/C19H19N3O5/c1-19(2,3)27-18(23)21-16-12-20-10-9-13(16)5-6-14-11-15(22(24)25)7-8-17(14)26-4/h7-12H,1-4H3,(H,21,23). The first kappa shape index (κ1) is 19.7. The predicted molar refractivity (Wildman–Crippen MR) is 99.7 cm³/mol. The third-order valence-electron chi connectivity index (χ3n) is 3.18. The van der Waals surface area contributed by atoms with Gasteiger partial charge in [0.1, 0.15) is 11.4 Å². The van der Waals surface area contributed by atoms with Gasteiger partial charge in [-0.25, -0.2) is 4.79 Å². The van der Waals surface area contributed by atoms with Crippen LogP contribution >= 0.6 is 0 Å². The van der Waals surface area contributed by atoms with E-state index in [9.17, 15) is 14.9 Å². The largest absolute Gasteiger partial charge is 0.495 e. The number of nitro groups is 1. The van der Waals surface area contributed by atoms with Gasteiger partial charge in [-0.05, 0) is 32.9 Å². The third-order valence-corrected chi connectivity index (χ3v) is 3.18. The number of aromatic nitrogens is 1. The number of ether oxygens (including phenoxy) is 2. The number of nitro benzene ring substituents is 1. The van der Waals surface area contributed by atoms with Crippen molar-refractivity contribution < 1.29 is 19.2 Å². The zero-order valence-electron chi connectivity index (χ0n) is 15.4. The molecule has 8 nitrogen and oxygen atoms in total. The molecule has 140 valence electrons. The van der Waals surface area contributed by atoms with E-state index in [2.05, 4.69) is 22.1 Å². The number of nitrogens with one attached hydrogen (secondary N) is 1. The SMILES string of the molecule is COc1ccc([N+](=O)[O-])cc1C#Cc1ccncc1NC(=O)OC(C)(C)C. The number of methoxy groups -OCH3 is 1. The maximum absolute atomic E-state index is 12.0. The molecule has 0 aliphatic heterocycles. The summed E-state index contributed by atoms with van der Waals surface area (Å²) >= 11 is 0. The van der Waals surface area contributed by atoms with E-state index >= 15 is 0 Å². The second-order valence-corrected chi connectivity index (χ2v) is 6.44. The molecule has 0 aliphatic carbocycles. The summed E-state index contributed by atoms with van der Waals surface area (Å²) in [6.07, 6.45) is 2.33. The fourth-order valence-electron chi connectivity index (χ4n) is 2.06. The normalized spacial score (nSPS) is 10.4. The van der Waals surface area contributed by atoms with Crippen molar-refractivity contribution >= 4 is 17.5 Å². The predicted octanol–water partition coefficient (Wildman–Crippen LogP) is 3.75. The number of amides is 1. The van der Waals surface area contributed by atoms with Crippen LogP contribution in [0.2, 0.25) is 0 Å². The number of nitrogens with zero attached hydrogens (tertiary/aromatic N) is 2. The lowest BCUT2D eigenvalue weighted by Crippen LogP contribution is -2.27. The number of benzene rings is 1. The van der Waals surface area contributed by atoms with E-state index < -0.39 is 16.6 Å². The quantitative estimate of drug-likeness (QED) is 0.502. The minimum Gasteiger partial charge on any atom is -0.495 e. The van der Waals surface area contributed by atoms with Gasteiger partial charge < -0.3 is 9.47 Å². The van der Waals surface area contributed by atoms with E-state index in [1.807, 2.05) is 0 Å². The first-order valence-corrected chi connectivity index (χ1v) is 7.98. The molecule has 1 heterocycles. The summed E-state index contributed by atoms with van der Waals surface area (Å²) in [7, 11) is 1.45. The van der Waals surface area contributed by atoms with Crippen LogP contribution in [0.4, 0.5) is 16.2 Å². The van der Waals surface area contributed by atoms with Crippen LogP contribution in [0.1, 0.15) is 31.9 Å².